The zero-order valence-electron chi connectivity index (χ0n) is 19.7. The fourth-order valence-electron chi connectivity index (χ4n) is 5.05. The van der Waals surface area contributed by atoms with Crippen LogP contribution in [0.5, 0.6) is 0 Å². The van der Waals surface area contributed by atoms with Gasteiger partial charge in [-0.2, -0.15) is 5.48 Å². The van der Waals surface area contributed by atoms with Crippen LogP contribution >= 0.6 is 0 Å². The zero-order valence-corrected chi connectivity index (χ0v) is 19.7. The van der Waals surface area contributed by atoms with E-state index >= 15 is 0 Å². The van der Waals surface area contributed by atoms with Gasteiger partial charge in [0.25, 0.3) is 5.91 Å². The molecule has 0 saturated carbocycles. The maximum absolute atomic E-state index is 12.8. The van der Waals surface area contributed by atoms with Gasteiger partial charge in [0.1, 0.15) is 6.17 Å². The summed E-state index contributed by atoms with van der Waals surface area (Å²) in [5.74, 6) is 6.31. The van der Waals surface area contributed by atoms with Gasteiger partial charge in [-0.1, -0.05) is 24.0 Å². The van der Waals surface area contributed by atoms with E-state index in [1.807, 2.05) is 19.1 Å². The zero-order chi connectivity index (χ0) is 23.4. The first-order valence-electron chi connectivity index (χ1n) is 11.8. The monoisotopic (exact) mass is 446 g/mol. The summed E-state index contributed by atoms with van der Waals surface area (Å²) < 4.78 is 0. The van der Waals surface area contributed by atoms with Crippen molar-refractivity contribution in [1.82, 2.24) is 20.6 Å². The van der Waals surface area contributed by atoms with Gasteiger partial charge in [0, 0.05) is 42.4 Å². The fraction of sp³-hybridized carbons (Fsp3) is 0.444. The molecule has 2 fully saturated rings. The van der Waals surface area contributed by atoms with E-state index < -0.39 is 6.17 Å². The second-order valence-corrected chi connectivity index (χ2v) is 9.21. The van der Waals surface area contributed by atoms with Crippen molar-refractivity contribution in [2.75, 3.05) is 14.1 Å². The molecule has 2 aromatic carbocycles. The van der Waals surface area contributed by atoms with Gasteiger partial charge in [-0.15, -0.1) is 0 Å². The third kappa shape index (κ3) is 5.29. The molecule has 2 aliphatic heterocycles. The number of fused-ring (bicyclic) bond motifs is 2. The Morgan fingerprint density at radius 2 is 1.55 bits per heavy atom. The van der Waals surface area contributed by atoms with Crippen LogP contribution in [0.4, 0.5) is 0 Å². The molecule has 6 nitrogen and oxygen atoms in total. The largest absolute Gasteiger partial charge is 0.336 e. The number of rotatable bonds is 7. The Kier molecular flexibility index (Phi) is 7.46. The van der Waals surface area contributed by atoms with Gasteiger partial charge in [0.2, 0.25) is 0 Å². The lowest BCUT2D eigenvalue weighted by molar-refractivity contribution is 0.0493. The third-order valence-corrected chi connectivity index (χ3v) is 7.27. The van der Waals surface area contributed by atoms with E-state index in [1.54, 1.807) is 31.1 Å². The van der Waals surface area contributed by atoms with E-state index in [9.17, 15) is 10.0 Å². The molecule has 33 heavy (non-hydrogen) atoms. The Balaban J connectivity index is 1.35. The number of nitrogens with zero attached hydrogens (tertiary/aromatic N) is 2. The summed E-state index contributed by atoms with van der Waals surface area (Å²) in [5.41, 5.74) is 5.99. The van der Waals surface area contributed by atoms with Crippen LogP contribution in [0.3, 0.4) is 0 Å². The van der Waals surface area contributed by atoms with Gasteiger partial charge in [-0.25, -0.2) is 0 Å². The summed E-state index contributed by atoms with van der Waals surface area (Å²) in [5, 5.41) is 12.2. The van der Waals surface area contributed by atoms with E-state index in [1.165, 1.54) is 31.2 Å². The highest BCUT2D eigenvalue weighted by atomic mass is 16.5. The van der Waals surface area contributed by atoms with Crippen LogP contribution in [0.2, 0.25) is 0 Å². The number of likely N-dealkylation sites (N-methyl/N-ethyl adjacent to an activating group) is 2. The van der Waals surface area contributed by atoms with Crippen molar-refractivity contribution in [2.24, 2.45) is 0 Å². The molecule has 4 rings (SSSR count). The second kappa shape index (κ2) is 10.5. The number of hydrogen-bond acceptors (Lipinski definition) is 5. The van der Waals surface area contributed by atoms with Gasteiger partial charge in [-0.3, -0.25) is 9.69 Å². The van der Waals surface area contributed by atoms with Gasteiger partial charge in [-0.05, 0) is 81.6 Å². The second-order valence-electron chi connectivity index (χ2n) is 9.21. The van der Waals surface area contributed by atoms with Crippen molar-refractivity contribution in [3.63, 3.8) is 0 Å². The molecule has 6 heteroatoms. The number of hydrogen-bond donors (Lipinski definition) is 3. The van der Waals surface area contributed by atoms with Gasteiger partial charge >= 0.3 is 0 Å². The predicted octanol–water partition coefficient (Wildman–Crippen LogP) is 3.20. The number of carbonyl (C=O) groups excluding carboxylic acids is 1. The van der Waals surface area contributed by atoms with Gasteiger partial charge < -0.3 is 15.4 Å². The minimum atomic E-state index is -0.416. The van der Waals surface area contributed by atoms with E-state index in [-0.39, 0.29) is 11.9 Å². The normalized spacial score (nSPS) is 21.3. The maximum atomic E-state index is 12.8. The first kappa shape index (κ1) is 23.5. The number of hydroxylamine groups is 1. The molecule has 2 bridgehead atoms. The topological polar surface area (TPSA) is 67.8 Å². The molecule has 2 heterocycles. The fourth-order valence-corrected chi connectivity index (χ4v) is 5.05. The summed E-state index contributed by atoms with van der Waals surface area (Å²) in [4.78, 5) is 17.0. The SMILES string of the molecule is CNC(NO)C(C)N(C)C(=O)c1ccc(C#Cc2ccc(CN3C4CCC3CC4)cc2)cc1. The summed E-state index contributed by atoms with van der Waals surface area (Å²) >= 11 is 0. The van der Waals surface area contributed by atoms with Crippen molar-refractivity contribution in [2.45, 2.75) is 63.4 Å². The number of nitrogens with one attached hydrogen (secondary N) is 2. The van der Waals surface area contributed by atoms with Crippen molar-refractivity contribution in [1.29, 1.82) is 0 Å². The lowest BCUT2D eigenvalue weighted by Crippen LogP contribution is -2.54. The molecule has 0 spiro atoms. The molecule has 0 radical (unpaired) electrons. The quantitative estimate of drug-likeness (QED) is 0.346. The summed E-state index contributed by atoms with van der Waals surface area (Å²) in [6, 6.07) is 17.3. The Labute approximate surface area is 196 Å². The minimum Gasteiger partial charge on any atom is -0.336 e. The van der Waals surface area contributed by atoms with Crippen molar-refractivity contribution in [3.8, 4) is 11.8 Å². The average Bonchev–Trinajstić information content (AvgIpc) is 3.42. The van der Waals surface area contributed by atoms with Crippen LogP contribution in [-0.2, 0) is 6.54 Å². The number of benzene rings is 2. The van der Waals surface area contributed by atoms with Gasteiger partial charge in [0.15, 0.2) is 0 Å². The molecule has 2 unspecified atom stereocenters. The first-order valence-corrected chi connectivity index (χ1v) is 11.8. The summed E-state index contributed by atoms with van der Waals surface area (Å²) in [6.45, 7) is 2.91. The Morgan fingerprint density at radius 1 is 1.03 bits per heavy atom. The number of amides is 1. The molecule has 2 aliphatic rings. The molecule has 0 aromatic heterocycles. The highest BCUT2D eigenvalue weighted by Gasteiger charge is 2.38. The molecular formula is C27H34N4O2. The first-order chi connectivity index (χ1) is 16.0. The van der Waals surface area contributed by atoms with E-state index in [0.29, 0.717) is 5.56 Å². The summed E-state index contributed by atoms with van der Waals surface area (Å²) in [7, 11) is 3.45. The Morgan fingerprint density at radius 3 is 2.03 bits per heavy atom. The lowest BCUT2D eigenvalue weighted by atomic mass is 10.0. The molecular weight excluding hydrogens is 412 g/mol. The van der Waals surface area contributed by atoms with Crippen LogP contribution in [-0.4, -0.2) is 59.3 Å². The molecule has 2 atom stereocenters. The predicted molar refractivity (Wildman–Crippen MR) is 130 cm³/mol. The van der Waals surface area contributed by atoms with Crippen molar-refractivity contribution >= 4 is 5.91 Å². The highest BCUT2D eigenvalue weighted by Crippen LogP contribution is 2.38. The van der Waals surface area contributed by atoms with E-state index in [0.717, 1.165) is 29.8 Å². The van der Waals surface area contributed by atoms with Crippen LogP contribution in [0.1, 0.15) is 59.7 Å². The summed E-state index contributed by atoms with van der Waals surface area (Å²) in [6.07, 6.45) is 5.05. The molecule has 3 N–H and O–H groups in total. The molecule has 2 saturated heterocycles. The number of carbonyl (C=O) groups is 1. The maximum Gasteiger partial charge on any atom is 0.253 e. The van der Waals surface area contributed by atoms with Crippen LogP contribution < -0.4 is 10.8 Å². The highest BCUT2D eigenvalue weighted by molar-refractivity contribution is 5.94. The van der Waals surface area contributed by atoms with Crippen molar-refractivity contribution < 1.29 is 10.0 Å². The average molecular weight is 447 g/mol. The van der Waals surface area contributed by atoms with E-state index in [2.05, 4.69) is 51.8 Å². The molecule has 2 aromatic rings. The molecule has 0 aliphatic carbocycles. The van der Waals surface area contributed by atoms with Gasteiger partial charge in [0.05, 0.1) is 6.04 Å². The Bertz CT molecular complexity index is 985. The third-order valence-electron chi connectivity index (χ3n) is 7.27. The lowest BCUT2D eigenvalue weighted by Gasteiger charge is -2.30. The Hall–Kier alpha value is -2.69. The van der Waals surface area contributed by atoms with Crippen LogP contribution in [0, 0.1) is 11.8 Å². The molecule has 1 amide bonds. The smallest absolute Gasteiger partial charge is 0.253 e. The van der Waals surface area contributed by atoms with Crippen molar-refractivity contribution in [3.05, 3.63) is 70.8 Å². The molecule has 174 valence electrons. The standard InChI is InChI=1S/C27H34N4O2/c1-19(26(28-2)29-33)30(3)27(32)23-12-10-21(11-13-23)5-4-20-6-8-22(9-7-20)18-31-24-14-15-25(31)17-16-24/h6-13,19,24-26,28-29,33H,14-18H2,1-3H3. The minimum absolute atomic E-state index is 0.112. The van der Waals surface area contributed by atoms with E-state index in [4.69, 9.17) is 0 Å². The van der Waals surface area contributed by atoms with Crippen LogP contribution in [0.15, 0.2) is 48.5 Å². The van der Waals surface area contributed by atoms with Crippen LogP contribution in [0.25, 0.3) is 0 Å².